The van der Waals surface area contributed by atoms with Gasteiger partial charge < -0.3 is 11.1 Å². The highest BCUT2D eigenvalue weighted by Crippen LogP contribution is 2.22. The topological polar surface area (TPSA) is 55.1 Å². The quantitative estimate of drug-likeness (QED) is 0.644. The summed E-state index contributed by atoms with van der Waals surface area (Å²) in [5, 5.41) is 2.08. The summed E-state index contributed by atoms with van der Waals surface area (Å²) < 4.78 is 40.1. The Bertz CT molecular complexity index is 692. The van der Waals surface area contributed by atoms with E-state index in [4.69, 9.17) is 5.73 Å². The second-order valence-corrected chi connectivity index (χ2v) is 4.85. The molecule has 0 spiro atoms. The molecule has 0 atom stereocenters. The average molecular weight is 345 g/mol. The van der Waals surface area contributed by atoms with Crippen molar-refractivity contribution in [1.29, 1.82) is 0 Å². The predicted molar refractivity (Wildman–Crippen MR) is 72.8 cm³/mol. The van der Waals surface area contributed by atoms with Crippen molar-refractivity contribution in [3.05, 3.63) is 57.8 Å². The van der Waals surface area contributed by atoms with Crippen molar-refractivity contribution in [1.82, 2.24) is 0 Å². The molecule has 0 aliphatic heterocycles. The highest BCUT2D eigenvalue weighted by atomic mass is 79.9. The molecule has 104 valence electrons. The van der Waals surface area contributed by atoms with E-state index in [9.17, 15) is 18.0 Å². The molecule has 0 bridgehead atoms. The summed E-state index contributed by atoms with van der Waals surface area (Å²) >= 11 is 3.17. The molecule has 0 aromatic heterocycles. The van der Waals surface area contributed by atoms with Gasteiger partial charge in [0.1, 0.15) is 5.82 Å². The van der Waals surface area contributed by atoms with Crippen LogP contribution in [0.15, 0.2) is 34.8 Å². The van der Waals surface area contributed by atoms with Gasteiger partial charge in [-0.2, -0.15) is 0 Å². The number of hydrogen-bond acceptors (Lipinski definition) is 2. The Kier molecular flexibility index (Phi) is 3.99. The van der Waals surface area contributed by atoms with E-state index in [0.717, 1.165) is 0 Å². The molecule has 0 aliphatic rings. The minimum Gasteiger partial charge on any atom is -0.398 e. The van der Waals surface area contributed by atoms with Crippen molar-refractivity contribution in [2.45, 2.75) is 0 Å². The van der Waals surface area contributed by atoms with Gasteiger partial charge in [-0.05, 0) is 18.2 Å². The molecule has 1 amide bonds. The zero-order valence-electron chi connectivity index (χ0n) is 9.88. The van der Waals surface area contributed by atoms with Crippen molar-refractivity contribution < 1.29 is 18.0 Å². The molecule has 0 saturated heterocycles. The number of nitrogens with two attached hydrogens (primary N) is 1. The van der Waals surface area contributed by atoms with Gasteiger partial charge in [-0.25, -0.2) is 13.2 Å². The molecule has 0 fully saturated rings. The van der Waals surface area contributed by atoms with Gasteiger partial charge in [0.15, 0.2) is 11.6 Å². The molecule has 7 heteroatoms. The van der Waals surface area contributed by atoms with Crippen LogP contribution in [-0.4, -0.2) is 5.91 Å². The molecule has 20 heavy (non-hydrogen) atoms. The van der Waals surface area contributed by atoms with Crippen LogP contribution >= 0.6 is 15.9 Å². The van der Waals surface area contributed by atoms with E-state index in [0.29, 0.717) is 16.6 Å². The van der Waals surface area contributed by atoms with E-state index in [1.165, 1.54) is 12.1 Å². The number of rotatable bonds is 2. The van der Waals surface area contributed by atoms with Gasteiger partial charge in [-0.1, -0.05) is 15.9 Å². The number of amides is 1. The first-order valence-electron chi connectivity index (χ1n) is 5.39. The van der Waals surface area contributed by atoms with E-state index in [2.05, 4.69) is 21.2 Å². The van der Waals surface area contributed by atoms with Crippen molar-refractivity contribution in [2.24, 2.45) is 0 Å². The highest BCUT2D eigenvalue weighted by Gasteiger charge is 2.16. The van der Waals surface area contributed by atoms with E-state index in [-0.39, 0.29) is 11.3 Å². The first kappa shape index (κ1) is 14.4. The number of nitrogens with one attached hydrogen (secondary N) is 1. The fourth-order valence-corrected chi connectivity index (χ4v) is 1.96. The molecule has 2 aromatic rings. The van der Waals surface area contributed by atoms with Crippen molar-refractivity contribution in [3.63, 3.8) is 0 Å². The zero-order valence-corrected chi connectivity index (χ0v) is 11.5. The molecule has 2 aromatic carbocycles. The maximum absolute atomic E-state index is 13.4. The monoisotopic (exact) mass is 344 g/mol. The third-order valence-electron chi connectivity index (χ3n) is 2.50. The normalized spacial score (nSPS) is 10.4. The van der Waals surface area contributed by atoms with E-state index < -0.39 is 29.0 Å². The number of benzene rings is 2. The number of halogens is 4. The molecule has 2 rings (SSSR count). The van der Waals surface area contributed by atoms with Crippen molar-refractivity contribution >= 4 is 33.2 Å². The van der Waals surface area contributed by atoms with Crippen LogP contribution in [0.5, 0.6) is 0 Å². The van der Waals surface area contributed by atoms with Gasteiger partial charge in [0, 0.05) is 22.3 Å². The van der Waals surface area contributed by atoms with Gasteiger partial charge in [0.05, 0.1) is 11.3 Å². The lowest BCUT2D eigenvalue weighted by molar-refractivity contribution is 0.102. The van der Waals surface area contributed by atoms with Crippen LogP contribution in [0.1, 0.15) is 10.4 Å². The molecule has 3 N–H and O–H groups in total. The Morgan fingerprint density at radius 1 is 1.15 bits per heavy atom. The summed E-state index contributed by atoms with van der Waals surface area (Å²) in [4.78, 5) is 11.9. The Morgan fingerprint density at radius 2 is 1.85 bits per heavy atom. The Hall–Kier alpha value is -2.02. The van der Waals surface area contributed by atoms with Crippen LogP contribution in [0.2, 0.25) is 0 Å². The second kappa shape index (κ2) is 5.54. The maximum Gasteiger partial charge on any atom is 0.257 e. The first-order chi connectivity index (χ1) is 9.38. The molecular formula is C13H8BrF3N2O. The molecular weight excluding hydrogens is 337 g/mol. The van der Waals surface area contributed by atoms with Gasteiger partial charge >= 0.3 is 0 Å². The highest BCUT2D eigenvalue weighted by molar-refractivity contribution is 9.10. The Labute approximate surface area is 120 Å². The molecule has 0 unspecified atom stereocenters. The molecule has 0 saturated carbocycles. The third-order valence-corrected chi connectivity index (χ3v) is 2.99. The van der Waals surface area contributed by atoms with Crippen molar-refractivity contribution in [3.8, 4) is 0 Å². The maximum atomic E-state index is 13.4. The summed E-state index contributed by atoms with van der Waals surface area (Å²) in [5.41, 5.74) is 5.27. The lowest BCUT2D eigenvalue weighted by atomic mass is 10.1. The van der Waals surface area contributed by atoms with Gasteiger partial charge in [0.25, 0.3) is 5.91 Å². The number of carbonyl (C=O) groups is 1. The predicted octanol–water partition coefficient (Wildman–Crippen LogP) is 3.70. The molecule has 0 aliphatic carbocycles. The van der Waals surface area contributed by atoms with Crippen molar-refractivity contribution in [2.75, 3.05) is 11.1 Å². The Balaban J connectivity index is 2.32. The first-order valence-corrected chi connectivity index (χ1v) is 6.18. The summed E-state index contributed by atoms with van der Waals surface area (Å²) in [5.74, 6) is -4.48. The summed E-state index contributed by atoms with van der Waals surface area (Å²) in [6, 6.07) is 5.53. The lowest BCUT2D eigenvalue weighted by Gasteiger charge is -2.09. The minimum atomic E-state index is -1.39. The number of nitrogen functional groups attached to an aromatic ring is 1. The fraction of sp³-hybridized carbons (Fsp3) is 0. The van der Waals surface area contributed by atoms with Crippen LogP contribution in [0.4, 0.5) is 24.5 Å². The Morgan fingerprint density at radius 3 is 2.50 bits per heavy atom. The van der Waals surface area contributed by atoms with Crippen LogP contribution in [0, 0.1) is 17.5 Å². The third kappa shape index (κ3) is 2.93. The van der Waals surface area contributed by atoms with Crippen LogP contribution < -0.4 is 11.1 Å². The molecule has 3 nitrogen and oxygen atoms in total. The SMILES string of the molecule is Nc1cc(Br)ccc1C(=O)Nc1cc(F)cc(F)c1F. The average Bonchev–Trinajstić information content (AvgIpc) is 2.35. The summed E-state index contributed by atoms with van der Waals surface area (Å²) in [6.45, 7) is 0. The number of anilines is 2. The number of carbonyl (C=O) groups excluding carboxylic acids is 1. The van der Waals surface area contributed by atoms with Gasteiger partial charge in [0.2, 0.25) is 0 Å². The smallest absolute Gasteiger partial charge is 0.257 e. The summed E-state index contributed by atoms with van der Waals surface area (Å²) in [6.07, 6.45) is 0. The second-order valence-electron chi connectivity index (χ2n) is 3.93. The lowest BCUT2D eigenvalue weighted by Crippen LogP contribution is -2.15. The van der Waals surface area contributed by atoms with Crippen LogP contribution in [-0.2, 0) is 0 Å². The standard InChI is InChI=1S/C13H8BrF3N2O/c14-6-1-2-8(10(18)3-6)13(20)19-11-5-7(15)4-9(16)12(11)17/h1-5H,18H2,(H,19,20). The molecule has 0 heterocycles. The largest absolute Gasteiger partial charge is 0.398 e. The van der Waals surface area contributed by atoms with Crippen LogP contribution in [0.3, 0.4) is 0 Å². The zero-order chi connectivity index (χ0) is 14.9. The van der Waals surface area contributed by atoms with Gasteiger partial charge in [-0.3, -0.25) is 4.79 Å². The summed E-state index contributed by atoms with van der Waals surface area (Å²) in [7, 11) is 0. The van der Waals surface area contributed by atoms with Gasteiger partial charge in [-0.15, -0.1) is 0 Å². The molecule has 0 radical (unpaired) electrons. The van der Waals surface area contributed by atoms with E-state index in [1.807, 2.05) is 0 Å². The van der Waals surface area contributed by atoms with E-state index in [1.54, 1.807) is 6.07 Å². The minimum absolute atomic E-state index is 0.0669. The number of hydrogen-bond donors (Lipinski definition) is 2. The van der Waals surface area contributed by atoms with E-state index >= 15 is 0 Å². The van der Waals surface area contributed by atoms with Crippen LogP contribution in [0.25, 0.3) is 0 Å². The fourth-order valence-electron chi connectivity index (χ4n) is 1.58.